The Morgan fingerprint density at radius 2 is 1.93 bits per heavy atom. The van der Waals surface area contributed by atoms with Crippen molar-refractivity contribution < 1.29 is 28.5 Å². The highest BCUT2D eigenvalue weighted by Gasteiger charge is 2.17. The summed E-state index contributed by atoms with van der Waals surface area (Å²) in [5.41, 5.74) is 1.79. The Balaban J connectivity index is 1.52. The standard InChI is InChI=1S/C21H22O6/c1-15-5-3-4-6-17(15)24-9-11-26-20(22)8-7-16-13-18(23-2)21-19(14-16)25-10-12-27-21/h3-8,13-14H,9-12H2,1-2H3/b8-7+. The van der Waals surface area contributed by atoms with Crippen LogP contribution in [0.15, 0.2) is 42.5 Å². The zero-order valence-electron chi connectivity index (χ0n) is 15.4. The van der Waals surface area contributed by atoms with E-state index >= 15 is 0 Å². The highest BCUT2D eigenvalue weighted by atomic mass is 16.6. The van der Waals surface area contributed by atoms with Gasteiger partial charge < -0.3 is 23.7 Å². The third kappa shape index (κ3) is 4.94. The molecule has 0 unspecified atom stereocenters. The molecule has 0 aromatic heterocycles. The number of aryl methyl sites for hydroxylation is 1. The second-order valence-corrected chi connectivity index (χ2v) is 5.86. The highest BCUT2D eigenvalue weighted by Crippen LogP contribution is 2.40. The van der Waals surface area contributed by atoms with Crippen LogP contribution in [0, 0.1) is 6.92 Å². The van der Waals surface area contributed by atoms with Gasteiger partial charge in [0, 0.05) is 6.08 Å². The van der Waals surface area contributed by atoms with Crippen molar-refractivity contribution >= 4 is 12.0 Å². The number of carbonyl (C=O) groups excluding carboxylic acids is 1. The summed E-state index contributed by atoms with van der Waals surface area (Å²) < 4.78 is 27.2. The lowest BCUT2D eigenvalue weighted by molar-refractivity contribution is -0.138. The van der Waals surface area contributed by atoms with Gasteiger partial charge in [-0.05, 0) is 42.3 Å². The number of esters is 1. The quantitative estimate of drug-likeness (QED) is 0.423. The predicted octanol–water partition coefficient (Wildman–Crippen LogP) is 3.41. The molecule has 0 radical (unpaired) electrons. The number of ether oxygens (including phenoxy) is 5. The van der Waals surface area contributed by atoms with Gasteiger partial charge in [-0.1, -0.05) is 18.2 Å². The normalized spacial score (nSPS) is 12.7. The second-order valence-electron chi connectivity index (χ2n) is 5.86. The van der Waals surface area contributed by atoms with Crippen molar-refractivity contribution in [3.05, 3.63) is 53.6 Å². The molecule has 142 valence electrons. The molecule has 0 aliphatic carbocycles. The fourth-order valence-corrected chi connectivity index (χ4v) is 2.61. The zero-order valence-corrected chi connectivity index (χ0v) is 15.4. The number of rotatable bonds is 7. The summed E-state index contributed by atoms with van der Waals surface area (Å²) in [6, 6.07) is 11.3. The van der Waals surface area contributed by atoms with E-state index in [1.165, 1.54) is 6.08 Å². The van der Waals surface area contributed by atoms with Gasteiger partial charge >= 0.3 is 5.97 Å². The first kappa shape index (κ1) is 18.6. The van der Waals surface area contributed by atoms with Gasteiger partial charge in [0.1, 0.15) is 32.2 Å². The van der Waals surface area contributed by atoms with E-state index < -0.39 is 5.97 Å². The number of carbonyl (C=O) groups is 1. The summed E-state index contributed by atoms with van der Waals surface area (Å²) in [7, 11) is 1.56. The Kier molecular flexibility index (Phi) is 6.20. The predicted molar refractivity (Wildman–Crippen MR) is 101 cm³/mol. The average molecular weight is 370 g/mol. The lowest BCUT2D eigenvalue weighted by atomic mass is 10.1. The van der Waals surface area contributed by atoms with Gasteiger partial charge in [-0.15, -0.1) is 0 Å². The largest absolute Gasteiger partial charge is 0.493 e. The number of benzene rings is 2. The van der Waals surface area contributed by atoms with Crippen molar-refractivity contribution in [2.75, 3.05) is 33.5 Å². The van der Waals surface area contributed by atoms with Gasteiger partial charge in [0.25, 0.3) is 0 Å². The van der Waals surface area contributed by atoms with E-state index in [9.17, 15) is 4.79 Å². The summed E-state index contributed by atoms with van der Waals surface area (Å²) in [6.45, 7) is 3.39. The van der Waals surface area contributed by atoms with E-state index in [1.54, 1.807) is 25.3 Å². The molecule has 27 heavy (non-hydrogen) atoms. The molecule has 0 saturated carbocycles. The maximum absolute atomic E-state index is 11.9. The van der Waals surface area contributed by atoms with Crippen LogP contribution in [0.25, 0.3) is 6.08 Å². The van der Waals surface area contributed by atoms with Crippen molar-refractivity contribution in [2.24, 2.45) is 0 Å². The molecule has 2 aromatic carbocycles. The van der Waals surface area contributed by atoms with E-state index in [2.05, 4.69) is 0 Å². The Morgan fingerprint density at radius 1 is 1.11 bits per heavy atom. The first-order valence-corrected chi connectivity index (χ1v) is 8.68. The number of methoxy groups -OCH3 is 1. The van der Waals surface area contributed by atoms with E-state index in [0.29, 0.717) is 37.1 Å². The fourth-order valence-electron chi connectivity index (χ4n) is 2.61. The summed E-state index contributed by atoms with van der Waals surface area (Å²) in [4.78, 5) is 11.9. The second kappa shape index (κ2) is 8.98. The maximum Gasteiger partial charge on any atom is 0.330 e. The molecule has 0 saturated heterocycles. The number of hydrogen-bond acceptors (Lipinski definition) is 6. The SMILES string of the molecule is COc1cc(/C=C/C(=O)OCCOc2ccccc2C)cc2c1OCCO2. The molecule has 0 spiro atoms. The average Bonchev–Trinajstić information content (AvgIpc) is 2.70. The van der Waals surface area contributed by atoms with Crippen LogP contribution in [0.1, 0.15) is 11.1 Å². The molecule has 2 aromatic rings. The van der Waals surface area contributed by atoms with Gasteiger partial charge in [0.05, 0.1) is 7.11 Å². The van der Waals surface area contributed by atoms with E-state index in [1.807, 2.05) is 31.2 Å². The van der Waals surface area contributed by atoms with Crippen LogP contribution in [-0.4, -0.2) is 39.5 Å². The molecule has 1 aliphatic rings. The van der Waals surface area contributed by atoms with Gasteiger partial charge in [-0.3, -0.25) is 0 Å². The molecule has 6 heteroatoms. The lowest BCUT2D eigenvalue weighted by Gasteiger charge is -2.20. The smallest absolute Gasteiger partial charge is 0.330 e. The van der Waals surface area contributed by atoms with Crippen LogP contribution >= 0.6 is 0 Å². The molecule has 6 nitrogen and oxygen atoms in total. The molecule has 3 rings (SSSR count). The van der Waals surface area contributed by atoms with Gasteiger partial charge in [0.2, 0.25) is 5.75 Å². The monoisotopic (exact) mass is 370 g/mol. The van der Waals surface area contributed by atoms with Crippen LogP contribution in [0.2, 0.25) is 0 Å². The third-order valence-electron chi connectivity index (χ3n) is 3.94. The van der Waals surface area contributed by atoms with Crippen LogP contribution in [0.3, 0.4) is 0 Å². The molecule has 0 N–H and O–H groups in total. The molecule has 0 amide bonds. The van der Waals surface area contributed by atoms with Crippen LogP contribution in [-0.2, 0) is 9.53 Å². The Morgan fingerprint density at radius 3 is 2.74 bits per heavy atom. The summed E-state index contributed by atoms with van der Waals surface area (Å²) in [5.74, 6) is 2.08. The third-order valence-corrected chi connectivity index (χ3v) is 3.94. The van der Waals surface area contributed by atoms with Gasteiger partial charge in [-0.25, -0.2) is 4.79 Å². The van der Waals surface area contributed by atoms with Crippen LogP contribution < -0.4 is 18.9 Å². The Bertz CT molecular complexity index is 810. The topological polar surface area (TPSA) is 63.2 Å². The van der Waals surface area contributed by atoms with Crippen LogP contribution in [0.4, 0.5) is 0 Å². The van der Waals surface area contributed by atoms with Crippen molar-refractivity contribution in [3.63, 3.8) is 0 Å². The fraction of sp³-hybridized carbons (Fsp3) is 0.286. The molecule has 1 heterocycles. The molecular formula is C21H22O6. The minimum Gasteiger partial charge on any atom is -0.493 e. The summed E-state index contributed by atoms with van der Waals surface area (Å²) in [6.07, 6.45) is 3.00. The molecule has 0 atom stereocenters. The number of hydrogen-bond donors (Lipinski definition) is 0. The molecule has 1 aliphatic heterocycles. The first-order chi connectivity index (χ1) is 13.2. The number of fused-ring (bicyclic) bond motifs is 1. The van der Waals surface area contributed by atoms with Crippen molar-refractivity contribution in [1.29, 1.82) is 0 Å². The Hall–Kier alpha value is -3.15. The summed E-state index contributed by atoms with van der Waals surface area (Å²) >= 11 is 0. The maximum atomic E-state index is 11.9. The van der Waals surface area contributed by atoms with Crippen molar-refractivity contribution in [1.82, 2.24) is 0 Å². The minimum atomic E-state index is -0.447. The van der Waals surface area contributed by atoms with Crippen molar-refractivity contribution in [2.45, 2.75) is 6.92 Å². The molecule has 0 fully saturated rings. The Labute approximate surface area is 158 Å². The zero-order chi connectivity index (χ0) is 19.1. The van der Waals surface area contributed by atoms with E-state index in [0.717, 1.165) is 16.9 Å². The minimum absolute atomic E-state index is 0.169. The van der Waals surface area contributed by atoms with Gasteiger partial charge in [0.15, 0.2) is 11.5 Å². The van der Waals surface area contributed by atoms with E-state index in [-0.39, 0.29) is 6.61 Å². The van der Waals surface area contributed by atoms with Crippen LogP contribution in [0.5, 0.6) is 23.0 Å². The number of para-hydroxylation sites is 1. The highest BCUT2D eigenvalue weighted by molar-refractivity contribution is 5.87. The summed E-state index contributed by atoms with van der Waals surface area (Å²) in [5, 5.41) is 0. The van der Waals surface area contributed by atoms with Gasteiger partial charge in [-0.2, -0.15) is 0 Å². The molecule has 0 bridgehead atoms. The molecular weight excluding hydrogens is 348 g/mol. The first-order valence-electron chi connectivity index (χ1n) is 8.68. The van der Waals surface area contributed by atoms with E-state index in [4.69, 9.17) is 23.7 Å². The van der Waals surface area contributed by atoms with Crippen molar-refractivity contribution in [3.8, 4) is 23.0 Å². The lowest BCUT2D eigenvalue weighted by Crippen LogP contribution is -2.16.